The number of ketones is 1. The van der Waals surface area contributed by atoms with Crippen LogP contribution in [0.5, 0.6) is 5.75 Å². The molecule has 0 unspecified atom stereocenters. The van der Waals surface area contributed by atoms with Crippen LogP contribution in [0.4, 0.5) is 0 Å². The summed E-state index contributed by atoms with van der Waals surface area (Å²) in [5.41, 5.74) is 1.69. The summed E-state index contributed by atoms with van der Waals surface area (Å²) in [6.45, 7) is 2.66. The van der Waals surface area contributed by atoms with E-state index in [0.29, 0.717) is 22.4 Å². The highest BCUT2D eigenvalue weighted by Crippen LogP contribution is 2.24. The van der Waals surface area contributed by atoms with Crippen LogP contribution in [0.2, 0.25) is 10.0 Å². The van der Waals surface area contributed by atoms with Gasteiger partial charge in [-0.2, -0.15) is 11.8 Å². The normalized spacial score (nSPS) is 11.0. The van der Waals surface area contributed by atoms with Crippen LogP contribution < -0.4 is 4.74 Å². The maximum absolute atomic E-state index is 12.4. The number of benzene rings is 2. The molecule has 0 N–H and O–H groups in total. The molecule has 5 heteroatoms. The first-order chi connectivity index (χ1) is 15.6. The number of unbranched alkanes of at least 4 members (excludes halogenated alkanes) is 9. The molecule has 2 aromatic rings. The Morgan fingerprint density at radius 3 is 2.06 bits per heavy atom. The Labute approximate surface area is 208 Å². The SMILES string of the molecule is CCCCCCCCCCCCSCC(=O)c1ccc(OCc2ccc(Cl)c(Cl)c2)cc1. The highest BCUT2D eigenvalue weighted by molar-refractivity contribution is 7.99. The van der Waals surface area contributed by atoms with Gasteiger partial charge in [-0.05, 0) is 54.1 Å². The van der Waals surface area contributed by atoms with Crippen molar-refractivity contribution in [3.05, 3.63) is 63.6 Å². The Kier molecular flexibility index (Phi) is 13.9. The van der Waals surface area contributed by atoms with Gasteiger partial charge in [-0.3, -0.25) is 4.79 Å². The number of ether oxygens (including phenoxy) is 1. The lowest BCUT2D eigenvalue weighted by molar-refractivity contribution is 0.102. The fourth-order valence-electron chi connectivity index (χ4n) is 3.47. The van der Waals surface area contributed by atoms with Crippen LogP contribution in [0.1, 0.15) is 87.1 Å². The van der Waals surface area contributed by atoms with Crippen molar-refractivity contribution in [2.75, 3.05) is 11.5 Å². The molecule has 0 aliphatic heterocycles. The molecular formula is C27H36Cl2O2S. The zero-order chi connectivity index (χ0) is 23.0. The Morgan fingerprint density at radius 1 is 0.812 bits per heavy atom. The summed E-state index contributed by atoms with van der Waals surface area (Å²) in [5, 5.41) is 1.05. The van der Waals surface area contributed by atoms with Crippen LogP contribution in [0.3, 0.4) is 0 Å². The lowest BCUT2D eigenvalue weighted by Crippen LogP contribution is -2.03. The van der Waals surface area contributed by atoms with E-state index in [0.717, 1.165) is 22.6 Å². The second-order valence-corrected chi connectivity index (χ2v) is 10.1. The van der Waals surface area contributed by atoms with Crippen LogP contribution >= 0.6 is 35.0 Å². The largest absolute Gasteiger partial charge is 0.489 e. The predicted octanol–water partition coefficient (Wildman–Crippen LogP) is 9.41. The molecule has 0 saturated heterocycles. The van der Waals surface area contributed by atoms with Crippen LogP contribution in [-0.4, -0.2) is 17.3 Å². The summed E-state index contributed by atoms with van der Waals surface area (Å²) < 4.78 is 5.78. The molecule has 0 radical (unpaired) electrons. The Hall–Kier alpha value is -1.16. The maximum Gasteiger partial charge on any atom is 0.172 e. The molecule has 176 valence electrons. The Bertz CT molecular complexity index is 793. The molecule has 0 amide bonds. The van der Waals surface area contributed by atoms with E-state index in [1.165, 1.54) is 64.2 Å². The topological polar surface area (TPSA) is 26.3 Å². The van der Waals surface area contributed by atoms with Crippen LogP contribution in [0, 0.1) is 0 Å². The fraction of sp³-hybridized carbons (Fsp3) is 0.519. The Morgan fingerprint density at radius 2 is 1.44 bits per heavy atom. The monoisotopic (exact) mass is 494 g/mol. The molecule has 0 aromatic heterocycles. The highest BCUT2D eigenvalue weighted by atomic mass is 35.5. The van der Waals surface area contributed by atoms with Crippen molar-refractivity contribution in [1.29, 1.82) is 0 Å². The fourth-order valence-corrected chi connectivity index (χ4v) is 4.70. The van der Waals surface area contributed by atoms with Crippen molar-refractivity contribution in [3.8, 4) is 5.75 Å². The zero-order valence-electron chi connectivity index (χ0n) is 19.2. The van der Waals surface area contributed by atoms with Gasteiger partial charge in [0.2, 0.25) is 0 Å². The van der Waals surface area contributed by atoms with Crippen molar-refractivity contribution >= 4 is 40.7 Å². The molecule has 0 atom stereocenters. The predicted molar refractivity (Wildman–Crippen MR) is 141 cm³/mol. The van der Waals surface area contributed by atoms with E-state index in [1.54, 1.807) is 23.9 Å². The molecule has 0 fully saturated rings. The molecule has 0 heterocycles. The lowest BCUT2D eigenvalue weighted by atomic mass is 10.1. The third kappa shape index (κ3) is 11.1. The van der Waals surface area contributed by atoms with E-state index < -0.39 is 0 Å². The molecular weight excluding hydrogens is 459 g/mol. The van der Waals surface area contributed by atoms with E-state index in [1.807, 2.05) is 30.3 Å². The van der Waals surface area contributed by atoms with Gasteiger partial charge < -0.3 is 4.74 Å². The summed E-state index contributed by atoms with van der Waals surface area (Å²) >= 11 is 13.7. The molecule has 0 bridgehead atoms. The van der Waals surface area contributed by atoms with Crippen molar-refractivity contribution in [2.45, 2.75) is 77.7 Å². The van der Waals surface area contributed by atoms with E-state index >= 15 is 0 Å². The first kappa shape index (κ1) is 27.1. The second-order valence-electron chi connectivity index (χ2n) is 8.22. The molecule has 32 heavy (non-hydrogen) atoms. The molecule has 2 aromatic carbocycles. The number of carbonyl (C=O) groups excluding carboxylic acids is 1. The molecule has 2 rings (SSSR count). The van der Waals surface area contributed by atoms with Gasteiger partial charge in [-0.15, -0.1) is 0 Å². The molecule has 0 aliphatic carbocycles. The maximum atomic E-state index is 12.4. The number of Topliss-reactive ketones (excluding diaryl/α,β-unsaturated/α-hetero) is 1. The van der Waals surface area contributed by atoms with E-state index in [4.69, 9.17) is 27.9 Å². The van der Waals surface area contributed by atoms with Gasteiger partial charge in [-0.1, -0.05) is 94.0 Å². The number of rotatable bonds is 17. The van der Waals surface area contributed by atoms with Crippen molar-refractivity contribution in [2.24, 2.45) is 0 Å². The van der Waals surface area contributed by atoms with Gasteiger partial charge in [0, 0.05) is 5.56 Å². The van der Waals surface area contributed by atoms with Crippen LogP contribution in [-0.2, 0) is 6.61 Å². The molecule has 2 nitrogen and oxygen atoms in total. The quantitative estimate of drug-likeness (QED) is 0.161. The van der Waals surface area contributed by atoms with Gasteiger partial charge in [0.1, 0.15) is 12.4 Å². The first-order valence-electron chi connectivity index (χ1n) is 11.9. The number of halogens is 2. The molecule has 0 spiro atoms. The summed E-state index contributed by atoms with van der Waals surface area (Å²) in [4.78, 5) is 12.4. The highest BCUT2D eigenvalue weighted by Gasteiger charge is 2.07. The second kappa shape index (κ2) is 16.5. The summed E-state index contributed by atoms with van der Waals surface area (Å²) in [5.74, 6) is 2.51. The third-order valence-corrected chi connectivity index (χ3v) is 7.22. The van der Waals surface area contributed by atoms with Crippen molar-refractivity contribution in [3.63, 3.8) is 0 Å². The zero-order valence-corrected chi connectivity index (χ0v) is 21.5. The summed E-state index contributed by atoms with van der Waals surface area (Å²) in [6.07, 6.45) is 13.4. The van der Waals surface area contributed by atoms with Gasteiger partial charge in [0.15, 0.2) is 5.78 Å². The van der Waals surface area contributed by atoms with Gasteiger partial charge >= 0.3 is 0 Å². The van der Waals surface area contributed by atoms with E-state index in [2.05, 4.69) is 6.92 Å². The van der Waals surface area contributed by atoms with Crippen molar-refractivity contribution in [1.82, 2.24) is 0 Å². The lowest BCUT2D eigenvalue weighted by Gasteiger charge is -2.08. The Balaban J connectivity index is 1.54. The smallest absolute Gasteiger partial charge is 0.172 e. The van der Waals surface area contributed by atoms with Crippen LogP contribution in [0.15, 0.2) is 42.5 Å². The van der Waals surface area contributed by atoms with Crippen molar-refractivity contribution < 1.29 is 9.53 Å². The minimum atomic E-state index is 0.179. The number of carbonyl (C=O) groups is 1. The molecule has 0 saturated carbocycles. The number of hydrogen-bond acceptors (Lipinski definition) is 3. The molecule has 0 aliphatic rings. The minimum absolute atomic E-state index is 0.179. The average Bonchev–Trinajstić information content (AvgIpc) is 2.80. The number of hydrogen-bond donors (Lipinski definition) is 0. The first-order valence-corrected chi connectivity index (χ1v) is 13.8. The van der Waals surface area contributed by atoms with E-state index in [9.17, 15) is 4.79 Å². The summed E-state index contributed by atoms with van der Waals surface area (Å²) in [6, 6.07) is 12.8. The minimum Gasteiger partial charge on any atom is -0.489 e. The average molecular weight is 496 g/mol. The van der Waals surface area contributed by atoms with Crippen LogP contribution in [0.25, 0.3) is 0 Å². The van der Waals surface area contributed by atoms with Gasteiger partial charge in [-0.25, -0.2) is 0 Å². The number of thioether (sulfide) groups is 1. The standard InChI is InChI=1S/C27H36Cl2O2S/c1-2-3-4-5-6-7-8-9-10-11-18-32-21-27(30)23-13-15-24(16-14-23)31-20-22-12-17-25(28)26(29)19-22/h12-17,19H,2-11,18,20-21H2,1H3. The van der Waals surface area contributed by atoms with E-state index in [-0.39, 0.29) is 5.78 Å². The third-order valence-electron chi connectivity index (χ3n) is 5.44. The summed E-state index contributed by atoms with van der Waals surface area (Å²) in [7, 11) is 0. The van der Waals surface area contributed by atoms with Gasteiger partial charge in [0.05, 0.1) is 15.8 Å². The van der Waals surface area contributed by atoms with Gasteiger partial charge in [0.25, 0.3) is 0 Å².